The Morgan fingerprint density at radius 3 is 2.38 bits per heavy atom. The predicted octanol–water partition coefficient (Wildman–Crippen LogP) is 2.31. The van der Waals surface area contributed by atoms with Crippen LogP contribution in [0.5, 0.6) is 0 Å². The number of ether oxygens (including phenoxy) is 1. The van der Waals surface area contributed by atoms with Gasteiger partial charge in [-0.25, -0.2) is 22.7 Å². The molecule has 138 valence electrons. The molecule has 1 amide bonds. The van der Waals surface area contributed by atoms with Crippen molar-refractivity contribution in [3.8, 4) is 0 Å². The second kappa shape index (κ2) is 7.81. The van der Waals surface area contributed by atoms with E-state index in [-0.39, 0.29) is 0 Å². The summed E-state index contributed by atoms with van der Waals surface area (Å²) >= 11 is 5.74. The van der Waals surface area contributed by atoms with E-state index in [0.717, 1.165) is 18.2 Å². The van der Waals surface area contributed by atoms with Crippen LogP contribution in [0, 0.1) is 5.82 Å². The molecule has 3 N–H and O–H groups in total. The predicted molar refractivity (Wildman–Crippen MR) is 92.7 cm³/mol. The molecule has 0 saturated carbocycles. The number of primary sulfonamides is 1. The molecule has 0 spiro atoms. The quantitative estimate of drug-likeness (QED) is 0.747. The van der Waals surface area contributed by atoms with Crippen molar-refractivity contribution in [3.05, 3.63) is 58.9 Å². The largest absolute Gasteiger partial charge is 0.449 e. The van der Waals surface area contributed by atoms with Gasteiger partial charge in [-0.05, 0) is 49.4 Å². The van der Waals surface area contributed by atoms with E-state index in [0.29, 0.717) is 10.7 Å². The Kier molecular flexibility index (Phi) is 5.96. The topological polar surface area (TPSA) is 116 Å². The van der Waals surface area contributed by atoms with Gasteiger partial charge in [0.05, 0.1) is 10.5 Å². The lowest BCUT2D eigenvalue weighted by Gasteiger charge is -2.14. The molecule has 0 aliphatic heterocycles. The molecule has 0 radical (unpaired) electrons. The number of nitrogens with two attached hydrogens (primary N) is 1. The summed E-state index contributed by atoms with van der Waals surface area (Å²) in [5.41, 5.74) is -0.229. The molecule has 0 fully saturated rings. The van der Waals surface area contributed by atoms with Crippen LogP contribution in [-0.2, 0) is 19.6 Å². The number of carbonyl (C=O) groups excluding carboxylic acids is 2. The van der Waals surface area contributed by atoms with E-state index in [1.165, 1.54) is 6.92 Å². The van der Waals surface area contributed by atoms with Crippen molar-refractivity contribution < 1.29 is 27.1 Å². The lowest BCUT2D eigenvalue weighted by molar-refractivity contribution is -0.123. The summed E-state index contributed by atoms with van der Waals surface area (Å²) in [6, 6.07) is 8.64. The third-order valence-corrected chi connectivity index (χ3v) is 4.41. The number of nitrogens with one attached hydrogen (secondary N) is 1. The first-order valence-corrected chi connectivity index (χ1v) is 9.10. The van der Waals surface area contributed by atoms with Crippen LogP contribution in [0.15, 0.2) is 47.4 Å². The van der Waals surface area contributed by atoms with Crippen LogP contribution in [0.3, 0.4) is 0 Å². The standard InChI is InChI=1S/C16H14ClFN2O5S/c1-9(15(21)20-11-4-2-10(17)3-5-11)25-16(22)13-8-12(26(19,23)24)6-7-14(13)18/h2-9H,1H3,(H,20,21)(H2,19,23,24)/t9-/m0/s1. The SMILES string of the molecule is C[C@H](OC(=O)c1cc(S(N)(=O)=O)ccc1F)C(=O)Nc1ccc(Cl)cc1. The molecule has 0 bridgehead atoms. The Hall–Kier alpha value is -2.49. The van der Waals surface area contributed by atoms with Gasteiger partial charge in [0.2, 0.25) is 10.0 Å². The molecular weight excluding hydrogens is 387 g/mol. The summed E-state index contributed by atoms with van der Waals surface area (Å²) in [5.74, 6) is -2.87. The van der Waals surface area contributed by atoms with Crippen LogP contribution in [0.1, 0.15) is 17.3 Å². The Bertz CT molecular complexity index is 948. The number of benzene rings is 2. The highest BCUT2D eigenvalue weighted by molar-refractivity contribution is 7.89. The average Bonchev–Trinajstić information content (AvgIpc) is 2.56. The van der Waals surface area contributed by atoms with E-state index in [2.05, 4.69) is 5.32 Å². The van der Waals surface area contributed by atoms with Crippen LogP contribution in [-0.4, -0.2) is 26.4 Å². The first kappa shape index (κ1) is 19.8. The molecule has 0 unspecified atom stereocenters. The second-order valence-electron chi connectivity index (χ2n) is 5.23. The molecule has 10 heteroatoms. The first-order chi connectivity index (χ1) is 12.1. The fourth-order valence-corrected chi connectivity index (χ4v) is 2.56. The van der Waals surface area contributed by atoms with Gasteiger partial charge in [-0.1, -0.05) is 11.6 Å². The Labute approximate surface area is 154 Å². The van der Waals surface area contributed by atoms with Gasteiger partial charge in [0.25, 0.3) is 5.91 Å². The maximum atomic E-state index is 13.8. The van der Waals surface area contributed by atoms with Crippen LogP contribution < -0.4 is 10.5 Å². The van der Waals surface area contributed by atoms with E-state index >= 15 is 0 Å². The fourth-order valence-electron chi connectivity index (χ4n) is 1.89. The summed E-state index contributed by atoms with van der Waals surface area (Å²) in [4.78, 5) is 23.7. The fraction of sp³-hybridized carbons (Fsp3) is 0.125. The Morgan fingerprint density at radius 2 is 1.81 bits per heavy atom. The molecule has 2 aromatic carbocycles. The van der Waals surface area contributed by atoms with Gasteiger partial charge in [-0.2, -0.15) is 0 Å². The second-order valence-corrected chi connectivity index (χ2v) is 7.23. The average molecular weight is 401 g/mol. The summed E-state index contributed by atoms with van der Waals surface area (Å²) < 4.78 is 41.3. The van der Waals surface area contributed by atoms with Crippen molar-refractivity contribution in [3.63, 3.8) is 0 Å². The summed E-state index contributed by atoms with van der Waals surface area (Å²) in [6.07, 6.45) is -1.27. The van der Waals surface area contributed by atoms with Gasteiger partial charge in [0, 0.05) is 10.7 Å². The number of anilines is 1. The minimum absolute atomic E-state index is 0.421. The van der Waals surface area contributed by atoms with Crippen molar-refractivity contribution in [1.82, 2.24) is 0 Å². The molecule has 0 aliphatic carbocycles. The van der Waals surface area contributed by atoms with Gasteiger partial charge >= 0.3 is 5.97 Å². The third kappa shape index (κ3) is 5.01. The van der Waals surface area contributed by atoms with Gasteiger partial charge < -0.3 is 10.1 Å². The number of sulfonamides is 1. The molecule has 2 aromatic rings. The Morgan fingerprint density at radius 1 is 1.19 bits per heavy atom. The summed E-state index contributed by atoms with van der Waals surface area (Å²) in [5, 5.41) is 7.92. The molecule has 2 rings (SSSR count). The maximum Gasteiger partial charge on any atom is 0.341 e. The lowest BCUT2D eigenvalue weighted by atomic mass is 10.2. The van der Waals surface area contributed by atoms with Gasteiger partial charge in [-0.3, -0.25) is 4.79 Å². The van der Waals surface area contributed by atoms with Crippen molar-refractivity contribution in [2.75, 3.05) is 5.32 Å². The zero-order valence-corrected chi connectivity index (χ0v) is 15.0. The molecule has 0 heterocycles. The van der Waals surface area contributed by atoms with Gasteiger partial charge in [-0.15, -0.1) is 0 Å². The molecule has 0 aromatic heterocycles. The van der Waals surface area contributed by atoms with Crippen molar-refractivity contribution in [2.24, 2.45) is 5.14 Å². The number of esters is 1. The van der Waals surface area contributed by atoms with Crippen LogP contribution in [0.4, 0.5) is 10.1 Å². The highest BCUT2D eigenvalue weighted by Crippen LogP contribution is 2.17. The highest BCUT2D eigenvalue weighted by atomic mass is 35.5. The molecule has 7 nitrogen and oxygen atoms in total. The van der Waals surface area contributed by atoms with Gasteiger partial charge in [0.1, 0.15) is 5.82 Å². The van der Waals surface area contributed by atoms with E-state index < -0.39 is 44.3 Å². The normalized spacial score (nSPS) is 12.3. The summed E-state index contributed by atoms with van der Waals surface area (Å²) in [7, 11) is -4.13. The van der Waals surface area contributed by atoms with E-state index in [1.807, 2.05) is 0 Å². The van der Waals surface area contributed by atoms with E-state index in [9.17, 15) is 22.4 Å². The number of amides is 1. The molecule has 0 saturated heterocycles. The van der Waals surface area contributed by atoms with Crippen LogP contribution >= 0.6 is 11.6 Å². The minimum Gasteiger partial charge on any atom is -0.449 e. The van der Waals surface area contributed by atoms with Crippen molar-refractivity contribution in [1.29, 1.82) is 0 Å². The molecular formula is C16H14ClFN2O5S. The smallest absolute Gasteiger partial charge is 0.341 e. The monoisotopic (exact) mass is 400 g/mol. The van der Waals surface area contributed by atoms with Crippen LogP contribution in [0.25, 0.3) is 0 Å². The molecule has 0 aliphatic rings. The number of hydrogen-bond donors (Lipinski definition) is 2. The molecule has 1 atom stereocenters. The number of halogens is 2. The highest BCUT2D eigenvalue weighted by Gasteiger charge is 2.23. The lowest BCUT2D eigenvalue weighted by Crippen LogP contribution is -2.30. The van der Waals surface area contributed by atoms with Crippen molar-refractivity contribution in [2.45, 2.75) is 17.9 Å². The number of rotatable bonds is 5. The zero-order valence-electron chi connectivity index (χ0n) is 13.4. The van der Waals surface area contributed by atoms with Crippen LogP contribution in [0.2, 0.25) is 5.02 Å². The Balaban J connectivity index is 2.11. The number of hydrogen-bond acceptors (Lipinski definition) is 5. The zero-order chi connectivity index (χ0) is 19.5. The van der Waals surface area contributed by atoms with E-state index in [1.54, 1.807) is 24.3 Å². The summed E-state index contributed by atoms with van der Waals surface area (Å²) in [6.45, 7) is 1.28. The first-order valence-electron chi connectivity index (χ1n) is 7.17. The molecule has 26 heavy (non-hydrogen) atoms. The number of carbonyl (C=O) groups is 2. The maximum absolute atomic E-state index is 13.8. The third-order valence-electron chi connectivity index (χ3n) is 3.25. The van der Waals surface area contributed by atoms with Gasteiger partial charge in [0.15, 0.2) is 6.10 Å². The van der Waals surface area contributed by atoms with Crippen molar-refractivity contribution >= 4 is 39.2 Å². The minimum atomic E-state index is -4.13. The van der Waals surface area contributed by atoms with E-state index in [4.69, 9.17) is 21.5 Å².